The van der Waals surface area contributed by atoms with E-state index in [1.165, 1.54) is 27.5 Å². The van der Waals surface area contributed by atoms with Gasteiger partial charge in [-0.1, -0.05) is 29.8 Å². The van der Waals surface area contributed by atoms with Crippen molar-refractivity contribution >= 4 is 22.1 Å². The van der Waals surface area contributed by atoms with Crippen LogP contribution < -0.4 is 0 Å². The first-order valence-electron chi connectivity index (χ1n) is 4.70. The Morgan fingerprint density at radius 2 is 2.00 bits per heavy atom. The summed E-state index contributed by atoms with van der Waals surface area (Å²) < 4.78 is 0. The second-order valence-electron chi connectivity index (χ2n) is 3.67. The highest BCUT2D eigenvalue weighted by atomic mass is 32.1. The maximum atomic E-state index is 2.27. The molecule has 0 aliphatic heterocycles. The third kappa shape index (κ3) is 1.06. The molecule has 0 atom stereocenters. The molecule has 1 heterocycles. The molecule has 0 bridgehead atoms. The van der Waals surface area contributed by atoms with Gasteiger partial charge >= 0.3 is 0 Å². The van der Waals surface area contributed by atoms with Crippen LogP contribution in [-0.4, -0.2) is 0 Å². The lowest BCUT2D eigenvalue weighted by atomic mass is 10.1. The Hall–Kier alpha value is -1.34. The molecular weight excluding hydrogens is 188 g/mol. The summed E-state index contributed by atoms with van der Waals surface area (Å²) in [5.41, 5.74) is 4.04. The van der Waals surface area contributed by atoms with E-state index in [-0.39, 0.29) is 0 Å². The van der Waals surface area contributed by atoms with Crippen LogP contribution in [-0.2, 0) is 0 Å². The minimum absolute atomic E-state index is 1.32. The molecule has 2 aliphatic rings. The predicted molar refractivity (Wildman–Crippen MR) is 63.2 cm³/mol. The molecule has 2 aliphatic carbocycles. The van der Waals surface area contributed by atoms with Crippen molar-refractivity contribution in [3.63, 3.8) is 0 Å². The number of hydrogen-bond donors (Lipinski definition) is 0. The third-order valence-corrected chi connectivity index (χ3v) is 3.37. The Morgan fingerprint density at radius 3 is 2.93 bits per heavy atom. The highest BCUT2D eigenvalue weighted by Crippen LogP contribution is 2.35. The van der Waals surface area contributed by atoms with Crippen molar-refractivity contribution < 1.29 is 0 Å². The second-order valence-corrected chi connectivity index (χ2v) is 4.41. The van der Waals surface area contributed by atoms with Crippen LogP contribution in [0.5, 0.6) is 0 Å². The lowest BCUT2D eigenvalue weighted by molar-refractivity contribution is 1.52. The van der Waals surface area contributed by atoms with Gasteiger partial charge in [0.05, 0.1) is 0 Å². The largest absolute Gasteiger partial charge is 0.151 e. The van der Waals surface area contributed by atoms with Gasteiger partial charge in [-0.05, 0) is 40.3 Å². The van der Waals surface area contributed by atoms with Crippen LogP contribution >= 0.6 is 11.3 Å². The molecule has 14 heavy (non-hydrogen) atoms. The highest BCUT2D eigenvalue weighted by molar-refractivity contribution is 7.09. The molecule has 1 heteroatoms. The van der Waals surface area contributed by atoms with Crippen LogP contribution in [0.2, 0.25) is 0 Å². The lowest BCUT2D eigenvalue weighted by Gasteiger charge is -1.90. The molecular formula is C13H10S. The van der Waals surface area contributed by atoms with Crippen molar-refractivity contribution in [2.45, 2.75) is 6.92 Å². The van der Waals surface area contributed by atoms with Crippen LogP contribution in [0.25, 0.3) is 21.9 Å². The number of thiophene rings is 1. The fraction of sp³-hybridized carbons (Fsp3) is 0.0769. The van der Waals surface area contributed by atoms with Gasteiger partial charge in [-0.15, -0.1) is 0 Å². The molecule has 0 nitrogen and oxygen atoms in total. The summed E-state index contributed by atoms with van der Waals surface area (Å²) >= 11 is 1.78. The molecule has 0 radical (unpaired) electrons. The molecule has 68 valence electrons. The van der Waals surface area contributed by atoms with E-state index in [1.54, 1.807) is 11.3 Å². The first-order valence-corrected chi connectivity index (χ1v) is 5.64. The molecule has 0 fully saturated rings. The van der Waals surface area contributed by atoms with Gasteiger partial charge in [0.1, 0.15) is 0 Å². The number of fused-ring (bicyclic) bond motifs is 3. The first-order chi connectivity index (χ1) is 6.84. The monoisotopic (exact) mass is 198 g/mol. The van der Waals surface area contributed by atoms with Crippen LogP contribution in [0.1, 0.15) is 5.56 Å². The van der Waals surface area contributed by atoms with Gasteiger partial charge in [0, 0.05) is 5.39 Å². The smallest absolute Gasteiger partial charge is 0.000205 e. The Bertz CT molecular complexity index is 563. The lowest BCUT2D eigenvalue weighted by Crippen LogP contribution is -1.65. The molecule has 1 aromatic heterocycles. The predicted octanol–water partition coefficient (Wildman–Crippen LogP) is 4.31. The Balaban J connectivity index is 2.49. The van der Waals surface area contributed by atoms with Crippen molar-refractivity contribution in [1.82, 2.24) is 0 Å². The van der Waals surface area contributed by atoms with Gasteiger partial charge < -0.3 is 0 Å². The first kappa shape index (κ1) is 8.01. The zero-order valence-electron chi connectivity index (χ0n) is 7.95. The van der Waals surface area contributed by atoms with Crippen molar-refractivity contribution in [2.24, 2.45) is 0 Å². The molecule has 1 aromatic rings. The van der Waals surface area contributed by atoms with Crippen molar-refractivity contribution in [3.8, 4) is 11.1 Å². The van der Waals surface area contributed by atoms with E-state index in [2.05, 4.69) is 48.0 Å². The van der Waals surface area contributed by atoms with E-state index in [9.17, 15) is 0 Å². The van der Waals surface area contributed by atoms with Crippen LogP contribution in [0, 0.1) is 6.92 Å². The molecule has 0 saturated heterocycles. The van der Waals surface area contributed by atoms with Crippen molar-refractivity contribution in [3.05, 3.63) is 46.7 Å². The van der Waals surface area contributed by atoms with Gasteiger partial charge in [-0.25, -0.2) is 0 Å². The maximum absolute atomic E-state index is 2.27. The van der Waals surface area contributed by atoms with Gasteiger partial charge in [-0.3, -0.25) is 0 Å². The average molecular weight is 198 g/mol. The maximum Gasteiger partial charge on any atom is 0.000205 e. The summed E-state index contributed by atoms with van der Waals surface area (Å²) in [6.07, 6.45) is 0. The molecule has 0 N–H and O–H groups in total. The fourth-order valence-corrected chi connectivity index (χ4v) is 2.74. The third-order valence-electron chi connectivity index (χ3n) is 2.61. The molecule has 3 rings (SSSR count). The number of aryl methyl sites for hydroxylation is 1. The minimum atomic E-state index is 1.32. The zero-order valence-corrected chi connectivity index (χ0v) is 8.77. The van der Waals surface area contributed by atoms with Crippen molar-refractivity contribution in [2.75, 3.05) is 0 Å². The number of hydrogen-bond acceptors (Lipinski definition) is 1. The molecule has 0 spiro atoms. The average Bonchev–Trinajstić information content (AvgIpc) is 2.64. The standard InChI is InChI=1S/C13H10S/c1-9-3-2-4-12-10(5-9)6-11-7-14-8-13(11)12/h2-8H,1H3. The summed E-state index contributed by atoms with van der Waals surface area (Å²) in [6, 6.07) is 11.0. The van der Waals surface area contributed by atoms with Gasteiger partial charge in [-0.2, -0.15) is 11.3 Å². The molecule has 0 unspecified atom stereocenters. The minimum Gasteiger partial charge on any atom is -0.151 e. The van der Waals surface area contributed by atoms with E-state index < -0.39 is 0 Å². The van der Waals surface area contributed by atoms with E-state index in [4.69, 9.17) is 0 Å². The van der Waals surface area contributed by atoms with E-state index >= 15 is 0 Å². The summed E-state index contributed by atoms with van der Waals surface area (Å²) in [7, 11) is 0. The van der Waals surface area contributed by atoms with Crippen LogP contribution in [0.15, 0.2) is 41.1 Å². The van der Waals surface area contributed by atoms with Gasteiger partial charge in [0.2, 0.25) is 0 Å². The van der Waals surface area contributed by atoms with Gasteiger partial charge in [0.15, 0.2) is 0 Å². The normalized spacial score (nSPS) is 11.2. The van der Waals surface area contributed by atoms with E-state index in [0.29, 0.717) is 0 Å². The second kappa shape index (κ2) is 2.82. The van der Waals surface area contributed by atoms with Gasteiger partial charge in [0.25, 0.3) is 0 Å². The van der Waals surface area contributed by atoms with E-state index in [0.717, 1.165) is 0 Å². The Morgan fingerprint density at radius 1 is 1.07 bits per heavy atom. The molecule has 0 aromatic carbocycles. The zero-order chi connectivity index (χ0) is 9.54. The Kier molecular flexibility index (Phi) is 1.62. The topological polar surface area (TPSA) is 0 Å². The number of rotatable bonds is 0. The quantitative estimate of drug-likeness (QED) is 0.505. The fourth-order valence-electron chi connectivity index (χ4n) is 1.93. The summed E-state index contributed by atoms with van der Waals surface area (Å²) in [5, 5.41) is 7.20. The summed E-state index contributed by atoms with van der Waals surface area (Å²) in [5.74, 6) is 0. The molecule has 0 amide bonds. The van der Waals surface area contributed by atoms with Crippen molar-refractivity contribution in [1.29, 1.82) is 0 Å². The summed E-state index contributed by atoms with van der Waals surface area (Å²) in [4.78, 5) is 0. The summed E-state index contributed by atoms with van der Waals surface area (Å²) in [6.45, 7) is 2.14. The SMILES string of the molecule is Cc1cccc2c3cscc3cc-2c1. The highest BCUT2D eigenvalue weighted by Gasteiger charge is 2.08. The van der Waals surface area contributed by atoms with E-state index in [1.807, 2.05) is 0 Å². The van der Waals surface area contributed by atoms with Crippen LogP contribution in [0.4, 0.5) is 0 Å². The Labute approximate surface area is 87.2 Å². The molecule has 0 saturated carbocycles. The van der Waals surface area contributed by atoms with Crippen LogP contribution in [0.3, 0.4) is 0 Å².